The molecule has 3 rings (SSSR count). The van der Waals surface area contributed by atoms with Crippen LogP contribution in [0, 0.1) is 5.92 Å². The van der Waals surface area contributed by atoms with Gasteiger partial charge < -0.3 is 15.2 Å². The van der Waals surface area contributed by atoms with E-state index < -0.39 is 0 Å². The Bertz CT molecular complexity index is 435. The van der Waals surface area contributed by atoms with Gasteiger partial charge in [0, 0.05) is 19.2 Å². The molecule has 1 aliphatic carbocycles. The highest BCUT2D eigenvalue weighted by atomic mass is 16.5. The zero-order valence-electron chi connectivity index (χ0n) is 12.1. The predicted molar refractivity (Wildman–Crippen MR) is 79.7 cm³/mol. The number of aliphatic hydroxyl groups is 1. The first-order chi connectivity index (χ1) is 9.88. The molecule has 0 bridgehead atoms. The van der Waals surface area contributed by atoms with Crippen LogP contribution in [0.2, 0.25) is 0 Å². The molecule has 110 valence electrons. The lowest BCUT2D eigenvalue weighted by Crippen LogP contribution is -2.42. The lowest BCUT2D eigenvalue weighted by Gasteiger charge is -2.33. The van der Waals surface area contributed by atoms with Crippen LogP contribution in [0.15, 0.2) is 24.3 Å². The van der Waals surface area contributed by atoms with Gasteiger partial charge in [-0.1, -0.05) is 37.1 Å². The summed E-state index contributed by atoms with van der Waals surface area (Å²) < 4.78 is 5.94. The van der Waals surface area contributed by atoms with Crippen LogP contribution >= 0.6 is 0 Å². The summed E-state index contributed by atoms with van der Waals surface area (Å²) in [4.78, 5) is 0. The minimum atomic E-state index is 0.168. The molecule has 1 aromatic rings. The number of fused-ring (bicyclic) bond motifs is 1. The first-order valence-corrected chi connectivity index (χ1v) is 7.92. The SMILES string of the molecule is OCC1CCCCC1NCC1OCCc2ccccc21. The molecule has 0 amide bonds. The zero-order valence-corrected chi connectivity index (χ0v) is 12.1. The van der Waals surface area contributed by atoms with Gasteiger partial charge in [0.1, 0.15) is 0 Å². The molecule has 3 atom stereocenters. The quantitative estimate of drug-likeness (QED) is 0.887. The smallest absolute Gasteiger partial charge is 0.0952 e. The number of hydrogen-bond donors (Lipinski definition) is 2. The summed E-state index contributed by atoms with van der Waals surface area (Å²) in [5, 5.41) is 13.1. The van der Waals surface area contributed by atoms with E-state index in [-0.39, 0.29) is 6.10 Å². The van der Waals surface area contributed by atoms with Gasteiger partial charge in [-0.05, 0) is 36.3 Å². The van der Waals surface area contributed by atoms with Crippen molar-refractivity contribution in [2.24, 2.45) is 5.92 Å². The van der Waals surface area contributed by atoms with E-state index in [2.05, 4.69) is 29.6 Å². The van der Waals surface area contributed by atoms with Crippen LogP contribution < -0.4 is 5.32 Å². The molecule has 0 saturated heterocycles. The second-order valence-electron chi connectivity index (χ2n) is 6.05. The van der Waals surface area contributed by atoms with Crippen LogP contribution in [0.4, 0.5) is 0 Å². The van der Waals surface area contributed by atoms with Gasteiger partial charge in [0.05, 0.1) is 12.7 Å². The first kappa shape index (κ1) is 14.1. The highest BCUT2D eigenvalue weighted by Gasteiger charge is 2.26. The first-order valence-electron chi connectivity index (χ1n) is 7.92. The Balaban J connectivity index is 1.61. The summed E-state index contributed by atoms with van der Waals surface area (Å²) >= 11 is 0. The molecule has 1 fully saturated rings. The largest absolute Gasteiger partial charge is 0.396 e. The zero-order chi connectivity index (χ0) is 13.8. The standard InChI is InChI=1S/C17H25NO2/c19-12-14-6-2-4-8-16(14)18-11-17-15-7-3-1-5-13(15)9-10-20-17/h1,3,5,7,14,16-19H,2,4,6,8-12H2. The minimum Gasteiger partial charge on any atom is -0.396 e. The van der Waals surface area contributed by atoms with Crippen molar-refractivity contribution in [1.82, 2.24) is 5.32 Å². The van der Waals surface area contributed by atoms with Gasteiger partial charge in [0.2, 0.25) is 0 Å². The molecule has 1 aliphatic heterocycles. The molecule has 1 aromatic carbocycles. The van der Waals surface area contributed by atoms with Crippen molar-refractivity contribution in [3.8, 4) is 0 Å². The lowest BCUT2D eigenvalue weighted by molar-refractivity contribution is 0.0357. The summed E-state index contributed by atoms with van der Waals surface area (Å²) in [6, 6.07) is 9.05. The topological polar surface area (TPSA) is 41.5 Å². The summed E-state index contributed by atoms with van der Waals surface area (Å²) in [6.07, 6.45) is 6.05. The molecule has 3 heteroatoms. The van der Waals surface area contributed by atoms with Gasteiger partial charge >= 0.3 is 0 Å². The van der Waals surface area contributed by atoms with Crippen molar-refractivity contribution in [2.45, 2.75) is 44.2 Å². The highest BCUT2D eigenvalue weighted by molar-refractivity contribution is 5.31. The minimum absolute atomic E-state index is 0.168. The monoisotopic (exact) mass is 275 g/mol. The molecule has 2 N–H and O–H groups in total. The Morgan fingerprint density at radius 2 is 2.05 bits per heavy atom. The summed E-state index contributed by atoms with van der Waals surface area (Å²) in [6.45, 7) is 1.98. The summed E-state index contributed by atoms with van der Waals surface area (Å²) in [5.41, 5.74) is 2.76. The molecule has 2 aliphatic rings. The normalized spacial score (nSPS) is 29.9. The van der Waals surface area contributed by atoms with Gasteiger partial charge in [0.15, 0.2) is 0 Å². The molecule has 0 spiro atoms. The van der Waals surface area contributed by atoms with E-state index >= 15 is 0 Å². The molecule has 1 saturated carbocycles. The van der Waals surface area contributed by atoms with Crippen LogP contribution in [-0.2, 0) is 11.2 Å². The predicted octanol–water partition coefficient (Wildman–Crippen LogP) is 2.44. The fourth-order valence-corrected chi connectivity index (χ4v) is 3.60. The number of nitrogens with one attached hydrogen (secondary N) is 1. The highest BCUT2D eigenvalue weighted by Crippen LogP contribution is 2.28. The maximum atomic E-state index is 9.48. The van der Waals surface area contributed by atoms with Gasteiger partial charge in [-0.3, -0.25) is 0 Å². The molecular formula is C17H25NO2. The maximum Gasteiger partial charge on any atom is 0.0952 e. The Labute approximate surface area is 121 Å². The van der Waals surface area contributed by atoms with Crippen molar-refractivity contribution in [2.75, 3.05) is 19.8 Å². The van der Waals surface area contributed by atoms with E-state index in [0.29, 0.717) is 18.6 Å². The van der Waals surface area contributed by atoms with E-state index in [1.54, 1.807) is 0 Å². The van der Waals surface area contributed by atoms with E-state index in [0.717, 1.165) is 26.0 Å². The van der Waals surface area contributed by atoms with Gasteiger partial charge in [-0.2, -0.15) is 0 Å². The maximum absolute atomic E-state index is 9.48. The molecule has 0 radical (unpaired) electrons. The van der Waals surface area contributed by atoms with Crippen molar-refractivity contribution >= 4 is 0 Å². The lowest BCUT2D eigenvalue weighted by atomic mass is 9.85. The Hall–Kier alpha value is -0.900. The van der Waals surface area contributed by atoms with Crippen LogP contribution in [0.5, 0.6) is 0 Å². The average Bonchev–Trinajstić information content (AvgIpc) is 2.53. The van der Waals surface area contributed by atoms with E-state index in [1.807, 2.05) is 0 Å². The van der Waals surface area contributed by atoms with E-state index in [4.69, 9.17) is 4.74 Å². The third-order valence-electron chi connectivity index (χ3n) is 4.80. The van der Waals surface area contributed by atoms with Gasteiger partial charge in [-0.25, -0.2) is 0 Å². The number of hydrogen-bond acceptors (Lipinski definition) is 3. The third-order valence-corrected chi connectivity index (χ3v) is 4.80. The number of aliphatic hydroxyl groups excluding tert-OH is 1. The van der Waals surface area contributed by atoms with E-state index in [1.165, 1.54) is 30.4 Å². The van der Waals surface area contributed by atoms with Crippen molar-refractivity contribution in [1.29, 1.82) is 0 Å². The van der Waals surface area contributed by atoms with Crippen LogP contribution in [0.1, 0.15) is 42.9 Å². The van der Waals surface area contributed by atoms with Crippen molar-refractivity contribution < 1.29 is 9.84 Å². The van der Waals surface area contributed by atoms with Crippen molar-refractivity contribution in [3.63, 3.8) is 0 Å². The fourth-order valence-electron chi connectivity index (χ4n) is 3.60. The molecule has 3 nitrogen and oxygen atoms in total. The second kappa shape index (κ2) is 6.70. The molecule has 0 aromatic heterocycles. The van der Waals surface area contributed by atoms with Gasteiger partial charge in [-0.15, -0.1) is 0 Å². The van der Waals surface area contributed by atoms with Crippen LogP contribution in [0.3, 0.4) is 0 Å². The summed E-state index contributed by atoms with van der Waals surface area (Å²) in [5.74, 6) is 0.419. The Kier molecular flexibility index (Phi) is 4.71. The number of rotatable bonds is 4. The van der Waals surface area contributed by atoms with Crippen LogP contribution in [-0.4, -0.2) is 30.9 Å². The molecule has 20 heavy (non-hydrogen) atoms. The third kappa shape index (κ3) is 3.05. The number of benzene rings is 1. The Morgan fingerprint density at radius 3 is 2.95 bits per heavy atom. The molecule has 1 heterocycles. The molecular weight excluding hydrogens is 250 g/mol. The summed E-state index contributed by atoms with van der Waals surface area (Å²) in [7, 11) is 0. The second-order valence-corrected chi connectivity index (χ2v) is 6.05. The average molecular weight is 275 g/mol. The fraction of sp³-hybridized carbons (Fsp3) is 0.647. The molecule has 3 unspecified atom stereocenters. The van der Waals surface area contributed by atoms with Crippen LogP contribution in [0.25, 0.3) is 0 Å². The van der Waals surface area contributed by atoms with Gasteiger partial charge in [0.25, 0.3) is 0 Å². The van der Waals surface area contributed by atoms with E-state index in [9.17, 15) is 5.11 Å². The van der Waals surface area contributed by atoms with Crippen molar-refractivity contribution in [3.05, 3.63) is 35.4 Å². The number of ether oxygens (including phenoxy) is 1. The Morgan fingerprint density at radius 1 is 1.20 bits per heavy atom.